The first kappa shape index (κ1) is 56.9. The standard InChI is InChI=1S/C25H42.C8H12N2.C3H8.5C2H6.CH4/c1-6-17(3)22-10-11-23-21-9-8-18-16-24(4,7-2)14-12-19(18)20(21)13-15-25(22,23)5;1-5-8(6-9)7(2)10(3)4;1-3-2;5*1-2;/h18-23H,3,6-16H2,1-2,4-5H3;5H,1H2,2-4H3;3H2,1-2H3;5*1-2H3;1H4/b;8-7+;;;;;;;/t18?,19?,20?,21?,22?,23?,24-,25?;;;;;;;;/m0......../s1. The van der Waals surface area contributed by atoms with E-state index in [9.17, 15) is 0 Å². The fraction of sp³-hybridized carbons (Fsp3) is 0.851. The van der Waals surface area contributed by atoms with Crippen molar-refractivity contribution in [3.8, 4) is 6.07 Å². The van der Waals surface area contributed by atoms with E-state index in [1.54, 1.807) is 30.9 Å². The molecule has 2 heteroatoms. The maximum absolute atomic E-state index is 8.54. The molecule has 2 nitrogen and oxygen atoms in total. The highest BCUT2D eigenvalue weighted by atomic mass is 15.1. The van der Waals surface area contributed by atoms with Gasteiger partial charge in [-0.15, -0.1) is 0 Å². The topological polar surface area (TPSA) is 27.0 Å². The number of nitrogens with zero attached hydrogens (tertiary/aromatic N) is 2. The van der Waals surface area contributed by atoms with Crippen molar-refractivity contribution in [3.63, 3.8) is 0 Å². The zero-order valence-corrected chi connectivity index (χ0v) is 36.8. The molecule has 294 valence electrons. The summed E-state index contributed by atoms with van der Waals surface area (Å²) in [6, 6.07) is 2.05. The highest BCUT2D eigenvalue weighted by Crippen LogP contribution is 2.66. The molecular formula is C47H96N2. The number of allylic oxidation sites excluding steroid dienone is 4. The number of hydrogen-bond donors (Lipinski definition) is 0. The second-order valence-electron chi connectivity index (χ2n) is 13.9. The quantitative estimate of drug-likeness (QED) is 0.163. The molecule has 4 aliphatic carbocycles. The lowest BCUT2D eigenvalue weighted by Gasteiger charge is -2.57. The van der Waals surface area contributed by atoms with E-state index >= 15 is 0 Å². The molecular weight excluding hydrogens is 593 g/mol. The van der Waals surface area contributed by atoms with Gasteiger partial charge >= 0.3 is 0 Å². The second-order valence-corrected chi connectivity index (χ2v) is 13.9. The van der Waals surface area contributed by atoms with Gasteiger partial charge in [-0.25, -0.2) is 0 Å². The Morgan fingerprint density at radius 1 is 0.776 bits per heavy atom. The summed E-state index contributed by atoms with van der Waals surface area (Å²) in [4.78, 5) is 1.89. The number of fused-ring (bicyclic) bond motifs is 5. The number of hydrogen-bond acceptors (Lipinski definition) is 2. The molecule has 0 bridgehead atoms. The monoisotopic (exact) mass is 689 g/mol. The Hall–Kier alpha value is -1.49. The van der Waals surface area contributed by atoms with Crippen LogP contribution in [0.15, 0.2) is 36.1 Å². The van der Waals surface area contributed by atoms with Gasteiger partial charge in [-0.1, -0.05) is 150 Å². The van der Waals surface area contributed by atoms with Gasteiger partial charge in [0.15, 0.2) is 0 Å². The minimum Gasteiger partial charge on any atom is -0.380 e. The molecule has 0 N–H and O–H groups in total. The molecule has 4 fully saturated rings. The molecule has 4 aliphatic rings. The van der Waals surface area contributed by atoms with Crippen LogP contribution in [0.1, 0.15) is 202 Å². The molecule has 49 heavy (non-hydrogen) atoms. The third kappa shape index (κ3) is 16.6. The van der Waals surface area contributed by atoms with Crippen LogP contribution < -0.4 is 0 Å². The predicted molar refractivity (Wildman–Crippen MR) is 230 cm³/mol. The average Bonchev–Trinajstić information content (AvgIpc) is 3.50. The second kappa shape index (κ2) is 32.4. The molecule has 4 saturated carbocycles. The van der Waals surface area contributed by atoms with Crippen molar-refractivity contribution in [1.29, 1.82) is 5.26 Å². The van der Waals surface area contributed by atoms with E-state index in [4.69, 9.17) is 5.26 Å². The van der Waals surface area contributed by atoms with Crippen molar-refractivity contribution < 1.29 is 0 Å². The Morgan fingerprint density at radius 3 is 1.65 bits per heavy atom. The number of nitriles is 1. The van der Waals surface area contributed by atoms with Crippen LogP contribution in [0.2, 0.25) is 0 Å². The van der Waals surface area contributed by atoms with E-state index in [0.29, 0.717) is 16.4 Å². The molecule has 0 amide bonds. The Bertz CT molecular complexity index is 860. The lowest BCUT2D eigenvalue weighted by Crippen LogP contribution is -2.49. The molecule has 0 aromatic rings. The fourth-order valence-electron chi connectivity index (χ4n) is 8.94. The Balaban J connectivity index is -0.000000227. The molecule has 0 saturated heterocycles. The first-order valence-corrected chi connectivity index (χ1v) is 21.0. The van der Waals surface area contributed by atoms with E-state index < -0.39 is 0 Å². The van der Waals surface area contributed by atoms with Crippen LogP contribution in [-0.4, -0.2) is 19.0 Å². The van der Waals surface area contributed by atoms with Crippen molar-refractivity contribution in [2.45, 2.75) is 202 Å². The van der Waals surface area contributed by atoms with Gasteiger partial charge in [0, 0.05) is 19.8 Å². The molecule has 0 aromatic carbocycles. The summed E-state index contributed by atoms with van der Waals surface area (Å²) >= 11 is 0. The summed E-state index contributed by atoms with van der Waals surface area (Å²) in [5, 5.41) is 8.54. The summed E-state index contributed by atoms with van der Waals surface area (Å²) in [7, 11) is 3.80. The Morgan fingerprint density at radius 2 is 1.27 bits per heavy atom. The predicted octanol–water partition coefficient (Wildman–Crippen LogP) is 16.4. The molecule has 0 heterocycles. The minimum absolute atomic E-state index is 0. The highest BCUT2D eigenvalue weighted by Gasteiger charge is 2.57. The Kier molecular flexibility index (Phi) is 37.6. The molecule has 0 radical (unpaired) electrons. The maximum Gasteiger partial charge on any atom is 0.101 e. The van der Waals surface area contributed by atoms with Crippen LogP contribution in [0, 0.1) is 57.7 Å². The van der Waals surface area contributed by atoms with E-state index in [-0.39, 0.29) is 7.43 Å². The van der Waals surface area contributed by atoms with Crippen molar-refractivity contribution in [2.75, 3.05) is 14.1 Å². The van der Waals surface area contributed by atoms with Crippen LogP contribution in [0.5, 0.6) is 0 Å². The molecule has 4 rings (SSSR count). The molecule has 0 spiro atoms. The van der Waals surface area contributed by atoms with Gasteiger partial charge in [0.2, 0.25) is 0 Å². The zero-order valence-electron chi connectivity index (χ0n) is 36.8. The third-order valence-electron chi connectivity index (χ3n) is 11.5. The van der Waals surface area contributed by atoms with E-state index in [1.165, 1.54) is 57.8 Å². The van der Waals surface area contributed by atoms with E-state index in [1.807, 2.05) is 95.2 Å². The lowest BCUT2D eigenvalue weighted by molar-refractivity contribution is -0.0753. The zero-order chi connectivity index (χ0) is 38.7. The van der Waals surface area contributed by atoms with Gasteiger partial charge in [-0.05, 0) is 124 Å². The average molecular weight is 689 g/mol. The molecule has 7 unspecified atom stereocenters. The van der Waals surface area contributed by atoms with Crippen molar-refractivity contribution in [2.24, 2.45) is 46.3 Å². The summed E-state index contributed by atoms with van der Waals surface area (Å²) in [6.45, 7) is 44.1. The van der Waals surface area contributed by atoms with Crippen LogP contribution in [0.4, 0.5) is 0 Å². The van der Waals surface area contributed by atoms with Gasteiger partial charge < -0.3 is 4.90 Å². The largest absolute Gasteiger partial charge is 0.380 e. The van der Waals surface area contributed by atoms with E-state index in [0.717, 1.165) is 41.2 Å². The van der Waals surface area contributed by atoms with Crippen LogP contribution in [0.25, 0.3) is 0 Å². The van der Waals surface area contributed by atoms with Gasteiger partial charge in [0.1, 0.15) is 6.07 Å². The number of rotatable bonds is 5. The van der Waals surface area contributed by atoms with Crippen molar-refractivity contribution >= 4 is 0 Å². The van der Waals surface area contributed by atoms with Gasteiger partial charge in [0.25, 0.3) is 0 Å². The molecule has 8 atom stereocenters. The summed E-state index contributed by atoms with van der Waals surface area (Å²) in [5.41, 5.74) is 4.39. The first-order chi connectivity index (χ1) is 23.0. The molecule has 0 aliphatic heterocycles. The van der Waals surface area contributed by atoms with Crippen molar-refractivity contribution in [1.82, 2.24) is 4.90 Å². The van der Waals surface area contributed by atoms with Crippen LogP contribution in [0.3, 0.4) is 0 Å². The summed E-state index contributed by atoms with van der Waals surface area (Å²) in [5.74, 6) is 6.12. The van der Waals surface area contributed by atoms with Crippen LogP contribution in [-0.2, 0) is 0 Å². The Labute approximate surface area is 314 Å². The third-order valence-corrected chi connectivity index (χ3v) is 11.5. The van der Waals surface area contributed by atoms with Gasteiger partial charge in [0.05, 0.1) is 5.57 Å². The lowest BCUT2D eigenvalue weighted by atomic mass is 9.48. The molecule has 0 aromatic heterocycles. The maximum atomic E-state index is 8.54. The summed E-state index contributed by atoms with van der Waals surface area (Å²) in [6.07, 6.45) is 19.1. The smallest absolute Gasteiger partial charge is 0.101 e. The van der Waals surface area contributed by atoms with Crippen molar-refractivity contribution in [3.05, 3.63) is 36.1 Å². The first-order valence-electron chi connectivity index (χ1n) is 21.0. The summed E-state index contributed by atoms with van der Waals surface area (Å²) < 4.78 is 0. The van der Waals surface area contributed by atoms with Gasteiger partial charge in [-0.2, -0.15) is 5.26 Å². The van der Waals surface area contributed by atoms with Crippen LogP contribution >= 0.6 is 0 Å². The highest BCUT2D eigenvalue weighted by molar-refractivity contribution is 5.35. The SMILES string of the molecule is C.C=C(CC)C1CCC2C3CCC4C[C@@](C)(CC)CCC4C3CCC12C.C=C/C(C#N)=C(/C)N(C)C.CC.CC.CC.CC.CC.CCC. The minimum atomic E-state index is 0. The fourth-order valence-corrected chi connectivity index (χ4v) is 8.94. The van der Waals surface area contributed by atoms with Gasteiger partial charge in [-0.3, -0.25) is 0 Å². The normalized spacial score (nSPS) is 29.9. The van der Waals surface area contributed by atoms with E-state index in [2.05, 4.69) is 60.8 Å².